The molecular weight excluding hydrogens is 358 g/mol. The Hall–Kier alpha value is -2.89. The van der Waals surface area contributed by atoms with E-state index in [-0.39, 0.29) is 12.4 Å². The van der Waals surface area contributed by atoms with E-state index < -0.39 is 17.8 Å². The predicted molar refractivity (Wildman–Crippen MR) is 106 cm³/mol. The minimum Gasteiger partial charge on any atom is -0.493 e. The van der Waals surface area contributed by atoms with Crippen molar-refractivity contribution in [3.05, 3.63) is 47.7 Å². The van der Waals surface area contributed by atoms with Gasteiger partial charge in [-0.25, -0.2) is 0 Å². The molecule has 0 saturated heterocycles. The van der Waals surface area contributed by atoms with Gasteiger partial charge in [0.25, 0.3) is 0 Å². The molecule has 0 bridgehead atoms. The smallest absolute Gasteiger partial charge is 0.315 e. The van der Waals surface area contributed by atoms with Crippen LogP contribution in [0.5, 0.6) is 11.5 Å². The summed E-state index contributed by atoms with van der Waals surface area (Å²) in [7, 11) is 3.11. The third-order valence-corrected chi connectivity index (χ3v) is 5.20. The molecule has 0 fully saturated rings. The van der Waals surface area contributed by atoms with E-state index in [1.165, 1.54) is 6.08 Å². The molecule has 1 aromatic rings. The third kappa shape index (κ3) is 3.46. The maximum absolute atomic E-state index is 12.9. The Morgan fingerprint density at radius 3 is 2.75 bits per heavy atom. The number of ether oxygens (including phenoxy) is 3. The minimum absolute atomic E-state index is 0.0221. The monoisotopic (exact) mass is 383 g/mol. The SMILES string of the molecule is C=CCOC(=O)C1C(C)=NC2=C(C(=O)CCC2)[C@H]1c1cccc(OC)c1OC. The van der Waals surface area contributed by atoms with Gasteiger partial charge in [0.05, 0.1) is 14.2 Å². The fourth-order valence-corrected chi connectivity index (χ4v) is 4.04. The van der Waals surface area contributed by atoms with Gasteiger partial charge >= 0.3 is 5.97 Å². The van der Waals surface area contributed by atoms with Crippen molar-refractivity contribution in [2.45, 2.75) is 32.1 Å². The topological polar surface area (TPSA) is 74.2 Å². The molecule has 6 nitrogen and oxygen atoms in total. The van der Waals surface area contributed by atoms with E-state index in [1.54, 1.807) is 20.3 Å². The highest BCUT2D eigenvalue weighted by atomic mass is 16.5. The first-order valence-corrected chi connectivity index (χ1v) is 9.33. The summed E-state index contributed by atoms with van der Waals surface area (Å²) in [5.41, 5.74) is 2.71. The van der Waals surface area contributed by atoms with Crippen molar-refractivity contribution < 1.29 is 23.8 Å². The first-order chi connectivity index (χ1) is 13.5. The van der Waals surface area contributed by atoms with Crippen LogP contribution in [0.4, 0.5) is 0 Å². The molecule has 1 aromatic carbocycles. The molecule has 0 N–H and O–H groups in total. The number of carbonyl (C=O) groups excluding carboxylic acids is 2. The second kappa shape index (κ2) is 8.42. The summed E-state index contributed by atoms with van der Waals surface area (Å²) in [4.78, 5) is 30.4. The highest BCUT2D eigenvalue weighted by Gasteiger charge is 2.44. The molecule has 2 atom stereocenters. The number of carbonyl (C=O) groups is 2. The zero-order valence-electron chi connectivity index (χ0n) is 16.5. The predicted octanol–water partition coefficient (Wildman–Crippen LogP) is 3.61. The number of ketones is 1. The zero-order valence-corrected chi connectivity index (χ0v) is 16.5. The van der Waals surface area contributed by atoms with Gasteiger partial charge in [0.15, 0.2) is 17.3 Å². The molecule has 1 unspecified atom stereocenters. The van der Waals surface area contributed by atoms with E-state index in [0.717, 1.165) is 24.1 Å². The van der Waals surface area contributed by atoms with Crippen molar-refractivity contribution in [3.63, 3.8) is 0 Å². The summed E-state index contributed by atoms with van der Waals surface area (Å²) >= 11 is 0. The molecule has 6 heteroatoms. The van der Waals surface area contributed by atoms with E-state index in [0.29, 0.717) is 29.2 Å². The number of Topliss-reactive ketones (excluding diaryl/α,β-unsaturated/α-hetero) is 1. The zero-order chi connectivity index (χ0) is 20.3. The molecule has 28 heavy (non-hydrogen) atoms. The minimum atomic E-state index is -0.707. The summed E-state index contributed by atoms with van der Waals surface area (Å²) in [5, 5.41) is 0. The van der Waals surface area contributed by atoms with Crippen LogP contribution in [0.15, 0.2) is 47.1 Å². The number of benzene rings is 1. The van der Waals surface area contributed by atoms with Crippen LogP contribution >= 0.6 is 0 Å². The molecule has 2 aliphatic rings. The molecule has 3 rings (SSSR count). The Morgan fingerprint density at radius 1 is 1.29 bits per heavy atom. The second-order valence-corrected chi connectivity index (χ2v) is 6.85. The fourth-order valence-electron chi connectivity index (χ4n) is 4.04. The number of allylic oxidation sites excluding steroid dienone is 2. The average Bonchev–Trinajstić information content (AvgIpc) is 2.70. The third-order valence-electron chi connectivity index (χ3n) is 5.20. The Morgan fingerprint density at radius 2 is 2.07 bits per heavy atom. The first-order valence-electron chi connectivity index (χ1n) is 9.33. The number of methoxy groups -OCH3 is 2. The average molecular weight is 383 g/mol. The van der Waals surface area contributed by atoms with Crippen molar-refractivity contribution >= 4 is 17.5 Å². The van der Waals surface area contributed by atoms with Crippen LogP contribution in [-0.4, -0.2) is 38.3 Å². The maximum Gasteiger partial charge on any atom is 0.315 e. The Bertz CT molecular complexity index is 868. The summed E-state index contributed by atoms with van der Waals surface area (Å²) < 4.78 is 16.4. The molecule has 0 radical (unpaired) electrons. The highest BCUT2D eigenvalue weighted by molar-refractivity contribution is 6.09. The van der Waals surface area contributed by atoms with Crippen molar-refractivity contribution in [1.82, 2.24) is 0 Å². The van der Waals surface area contributed by atoms with Crippen LogP contribution in [0.3, 0.4) is 0 Å². The Labute approximate surface area is 164 Å². The fraction of sp³-hybridized carbons (Fsp3) is 0.409. The van der Waals surface area contributed by atoms with Gasteiger partial charge in [0.1, 0.15) is 12.5 Å². The van der Waals surface area contributed by atoms with Crippen LogP contribution in [0, 0.1) is 5.92 Å². The van der Waals surface area contributed by atoms with Crippen LogP contribution < -0.4 is 9.47 Å². The van der Waals surface area contributed by atoms with E-state index >= 15 is 0 Å². The number of nitrogens with zero attached hydrogens (tertiary/aromatic N) is 1. The van der Waals surface area contributed by atoms with E-state index in [1.807, 2.05) is 19.1 Å². The Balaban J connectivity index is 2.20. The maximum atomic E-state index is 12.9. The van der Waals surface area contributed by atoms with Crippen molar-refractivity contribution in [2.24, 2.45) is 10.9 Å². The summed E-state index contributed by atoms with van der Waals surface area (Å²) in [6, 6.07) is 5.48. The molecule has 1 aliphatic heterocycles. The van der Waals surface area contributed by atoms with Crippen molar-refractivity contribution in [2.75, 3.05) is 20.8 Å². The lowest BCUT2D eigenvalue weighted by Gasteiger charge is -2.35. The summed E-state index contributed by atoms with van der Waals surface area (Å²) in [6.45, 7) is 5.50. The number of aliphatic imine (C=N–C) groups is 1. The lowest BCUT2D eigenvalue weighted by Crippen LogP contribution is -2.37. The van der Waals surface area contributed by atoms with Gasteiger partial charge < -0.3 is 14.2 Å². The summed E-state index contributed by atoms with van der Waals surface area (Å²) in [5.74, 6) is -0.584. The molecule has 0 amide bonds. The molecule has 0 aromatic heterocycles. The molecule has 0 saturated carbocycles. The van der Waals surface area contributed by atoms with Crippen LogP contribution in [0.1, 0.15) is 37.7 Å². The Kier molecular flexibility index (Phi) is 5.97. The quantitative estimate of drug-likeness (QED) is 0.554. The number of rotatable bonds is 6. The first kappa shape index (κ1) is 19.9. The highest BCUT2D eigenvalue weighted by Crippen LogP contribution is 2.48. The molecule has 1 aliphatic carbocycles. The van der Waals surface area contributed by atoms with E-state index in [2.05, 4.69) is 11.6 Å². The van der Waals surface area contributed by atoms with Crippen LogP contribution in [0.25, 0.3) is 0 Å². The van der Waals surface area contributed by atoms with Crippen LogP contribution in [-0.2, 0) is 14.3 Å². The van der Waals surface area contributed by atoms with Crippen molar-refractivity contribution in [3.8, 4) is 11.5 Å². The molecule has 1 heterocycles. The number of hydrogen-bond acceptors (Lipinski definition) is 6. The second-order valence-electron chi connectivity index (χ2n) is 6.85. The normalized spacial score (nSPS) is 21.5. The standard InChI is InChI=1S/C22H25NO5/c1-5-12-28-22(25)18-13(2)23-15-9-7-10-16(24)20(15)19(18)14-8-6-11-17(26-3)21(14)27-4/h5-6,8,11,18-19H,1,7,9-10,12H2,2-4H3/t18?,19-/m0/s1. The van der Waals surface area contributed by atoms with Gasteiger partial charge in [0, 0.05) is 34.9 Å². The van der Waals surface area contributed by atoms with Gasteiger partial charge in [-0.15, -0.1) is 0 Å². The van der Waals surface area contributed by atoms with E-state index in [9.17, 15) is 9.59 Å². The molecule has 148 valence electrons. The largest absolute Gasteiger partial charge is 0.493 e. The van der Waals surface area contributed by atoms with Crippen LogP contribution in [0.2, 0.25) is 0 Å². The number of hydrogen-bond donors (Lipinski definition) is 0. The molecular formula is C22H25NO5. The summed E-state index contributed by atoms with van der Waals surface area (Å²) in [6.07, 6.45) is 3.45. The molecule has 0 spiro atoms. The number of esters is 1. The van der Waals surface area contributed by atoms with Gasteiger partial charge in [-0.05, 0) is 25.8 Å². The lowest BCUT2D eigenvalue weighted by atomic mass is 9.71. The van der Waals surface area contributed by atoms with E-state index in [4.69, 9.17) is 14.2 Å². The lowest BCUT2D eigenvalue weighted by molar-refractivity contribution is -0.145. The van der Waals surface area contributed by atoms with Gasteiger partial charge in [0.2, 0.25) is 0 Å². The van der Waals surface area contributed by atoms with Gasteiger partial charge in [-0.1, -0.05) is 24.8 Å². The van der Waals surface area contributed by atoms with Gasteiger partial charge in [-0.3, -0.25) is 14.6 Å². The van der Waals surface area contributed by atoms with Crippen molar-refractivity contribution in [1.29, 1.82) is 0 Å². The van der Waals surface area contributed by atoms with Gasteiger partial charge in [-0.2, -0.15) is 0 Å². The number of para-hydroxylation sites is 1.